The van der Waals surface area contributed by atoms with Crippen molar-refractivity contribution >= 4 is 46.4 Å². The van der Waals surface area contributed by atoms with Crippen molar-refractivity contribution in [3.05, 3.63) is 74.5 Å². The summed E-state index contributed by atoms with van der Waals surface area (Å²) in [6.07, 6.45) is 1.53. The maximum absolute atomic E-state index is 12.6. The highest BCUT2D eigenvalue weighted by atomic mass is 35.5. The second-order valence-corrected chi connectivity index (χ2v) is 6.76. The number of hydrogen-bond donors (Lipinski definition) is 1. The van der Waals surface area contributed by atoms with Gasteiger partial charge in [-0.25, -0.2) is 4.68 Å². The Balaban J connectivity index is 1.92. The summed E-state index contributed by atoms with van der Waals surface area (Å²) in [6.45, 7) is 3.83. The minimum Gasteiger partial charge on any atom is -0.320 e. The Hall–Kier alpha value is -2.01. The molecule has 1 aromatic heterocycles. The number of carbonyl (C=O) groups excluding carboxylic acids is 1. The highest BCUT2D eigenvalue weighted by Crippen LogP contribution is 2.32. The first-order valence-corrected chi connectivity index (χ1v) is 8.58. The van der Waals surface area contributed by atoms with Crippen LogP contribution in [0.1, 0.15) is 21.6 Å². The van der Waals surface area contributed by atoms with E-state index < -0.39 is 0 Å². The zero-order valence-corrected chi connectivity index (χ0v) is 15.7. The molecule has 3 aromatic rings. The van der Waals surface area contributed by atoms with E-state index in [1.54, 1.807) is 4.68 Å². The van der Waals surface area contributed by atoms with Gasteiger partial charge in [0.05, 0.1) is 43.9 Å². The molecule has 7 heteroatoms. The van der Waals surface area contributed by atoms with Crippen molar-refractivity contribution in [3.63, 3.8) is 0 Å². The molecule has 0 saturated heterocycles. The van der Waals surface area contributed by atoms with E-state index in [1.165, 1.54) is 18.3 Å². The number of nitrogens with one attached hydrogen (secondary N) is 1. The van der Waals surface area contributed by atoms with Crippen molar-refractivity contribution in [2.24, 2.45) is 0 Å². The average molecular weight is 395 g/mol. The molecule has 1 N–H and O–H groups in total. The molecule has 0 aliphatic heterocycles. The van der Waals surface area contributed by atoms with Gasteiger partial charge in [-0.15, -0.1) is 0 Å². The standard InChI is InChI=1S/C18H14Cl3N3O/c1-10-5-3-4-6-17(10)24-11(2)12(9-22-24)18(25)23-16-8-14(20)13(19)7-15(16)21/h3-9H,1-2H3,(H,23,25). The number of carbonyl (C=O) groups is 1. The Morgan fingerprint density at radius 3 is 2.44 bits per heavy atom. The maximum Gasteiger partial charge on any atom is 0.259 e. The lowest BCUT2D eigenvalue weighted by atomic mass is 10.2. The van der Waals surface area contributed by atoms with Crippen molar-refractivity contribution in [1.82, 2.24) is 9.78 Å². The van der Waals surface area contributed by atoms with Crippen molar-refractivity contribution < 1.29 is 4.79 Å². The van der Waals surface area contributed by atoms with Crippen LogP contribution in [0.5, 0.6) is 0 Å². The Kier molecular flexibility index (Phi) is 5.04. The predicted molar refractivity (Wildman–Crippen MR) is 102 cm³/mol. The molecule has 0 spiro atoms. The van der Waals surface area contributed by atoms with Gasteiger partial charge in [-0.05, 0) is 37.6 Å². The highest BCUT2D eigenvalue weighted by Gasteiger charge is 2.17. The van der Waals surface area contributed by atoms with Gasteiger partial charge in [0, 0.05) is 0 Å². The summed E-state index contributed by atoms with van der Waals surface area (Å²) in [5, 5.41) is 8.04. The van der Waals surface area contributed by atoms with Crippen LogP contribution in [-0.2, 0) is 0 Å². The molecule has 1 amide bonds. The molecule has 0 aliphatic rings. The van der Waals surface area contributed by atoms with Gasteiger partial charge in [0.2, 0.25) is 0 Å². The molecule has 0 radical (unpaired) electrons. The average Bonchev–Trinajstić information content (AvgIpc) is 2.94. The van der Waals surface area contributed by atoms with Crippen LogP contribution >= 0.6 is 34.8 Å². The van der Waals surface area contributed by atoms with E-state index in [2.05, 4.69) is 10.4 Å². The van der Waals surface area contributed by atoms with Crippen LogP contribution in [0.15, 0.2) is 42.6 Å². The molecule has 0 saturated carbocycles. The van der Waals surface area contributed by atoms with E-state index in [0.29, 0.717) is 26.3 Å². The van der Waals surface area contributed by atoms with E-state index in [0.717, 1.165) is 16.9 Å². The molecule has 0 bridgehead atoms. The monoisotopic (exact) mass is 393 g/mol. The molecule has 0 unspecified atom stereocenters. The van der Waals surface area contributed by atoms with Gasteiger partial charge in [0.15, 0.2) is 0 Å². The number of aryl methyl sites for hydroxylation is 1. The van der Waals surface area contributed by atoms with Gasteiger partial charge in [-0.1, -0.05) is 53.0 Å². The number of benzene rings is 2. The summed E-state index contributed by atoms with van der Waals surface area (Å²) in [7, 11) is 0. The van der Waals surface area contributed by atoms with Gasteiger partial charge in [-0.2, -0.15) is 5.10 Å². The largest absolute Gasteiger partial charge is 0.320 e. The zero-order valence-electron chi connectivity index (χ0n) is 13.5. The number of hydrogen-bond acceptors (Lipinski definition) is 2. The molecular weight excluding hydrogens is 381 g/mol. The van der Waals surface area contributed by atoms with Gasteiger partial charge in [0.1, 0.15) is 0 Å². The summed E-state index contributed by atoms with van der Waals surface area (Å²) in [5.41, 5.74) is 3.55. The number of halogens is 3. The molecule has 4 nitrogen and oxygen atoms in total. The van der Waals surface area contributed by atoms with Crippen molar-refractivity contribution in [2.45, 2.75) is 13.8 Å². The van der Waals surface area contributed by atoms with Crippen molar-refractivity contribution in [1.29, 1.82) is 0 Å². The highest BCUT2D eigenvalue weighted by molar-refractivity contribution is 6.44. The smallest absolute Gasteiger partial charge is 0.259 e. The summed E-state index contributed by atoms with van der Waals surface area (Å²) in [6, 6.07) is 10.8. The Morgan fingerprint density at radius 1 is 1.04 bits per heavy atom. The van der Waals surface area contributed by atoms with Crippen molar-refractivity contribution in [2.75, 3.05) is 5.32 Å². The molecule has 1 heterocycles. The lowest BCUT2D eigenvalue weighted by Gasteiger charge is -2.10. The SMILES string of the molecule is Cc1ccccc1-n1ncc(C(=O)Nc2cc(Cl)c(Cl)cc2Cl)c1C. The van der Waals surface area contributed by atoms with Gasteiger partial charge in [-0.3, -0.25) is 4.79 Å². The summed E-state index contributed by atoms with van der Waals surface area (Å²) < 4.78 is 1.74. The normalized spacial score (nSPS) is 10.8. The molecule has 2 aromatic carbocycles. The first-order valence-electron chi connectivity index (χ1n) is 7.45. The fourth-order valence-electron chi connectivity index (χ4n) is 2.48. The van der Waals surface area contributed by atoms with Gasteiger partial charge in [0.25, 0.3) is 5.91 Å². The molecular formula is C18H14Cl3N3O. The van der Waals surface area contributed by atoms with Gasteiger partial charge < -0.3 is 5.32 Å². The Morgan fingerprint density at radius 2 is 1.72 bits per heavy atom. The number of anilines is 1. The maximum atomic E-state index is 12.6. The quantitative estimate of drug-likeness (QED) is 0.579. The van der Waals surface area contributed by atoms with Crippen LogP contribution in [-0.4, -0.2) is 15.7 Å². The number of rotatable bonds is 3. The van der Waals surface area contributed by atoms with Crippen LogP contribution in [0, 0.1) is 13.8 Å². The number of para-hydroxylation sites is 1. The predicted octanol–water partition coefficient (Wildman–Crippen LogP) is 5.70. The van der Waals surface area contributed by atoms with Crippen LogP contribution in [0.3, 0.4) is 0 Å². The third-order valence-electron chi connectivity index (χ3n) is 3.86. The minimum atomic E-state index is -0.322. The molecule has 3 rings (SSSR count). The minimum absolute atomic E-state index is 0.312. The Bertz CT molecular complexity index is 966. The second kappa shape index (κ2) is 7.08. The Labute approximate surface area is 160 Å². The van der Waals surface area contributed by atoms with Crippen LogP contribution in [0.2, 0.25) is 15.1 Å². The van der Waals surface area contributed by atoms with E-state index in [-0.39, 0.29) is 5.91 Å². The lowest BCUT2D eigenvalue weighted by molar-refractivity contribution is 0.102. The first kappa shape index (κ1) is 17.8. The number of aromatic nitrogens is 2. The third kappa shape index (κ3) is 3.52. The molecule has 0 atom stereocenters. The van der Waals surface area contributed by atoms with Crippen LogP contribution in [0.25, 0.3) is 5.69 Å². The number of nitrogens with zero attached hydrogens (tertiary/aromatic N) is 2. The topological polar surface area (TPSA) is 46.9 Å². The molecule has 25 heavy (non-hydrogen) atoms. The summed E-state index contributed by atoms with van der Waals surface area (Å²) >= 11 is 18.0. The zero-order chi connectivity index (χ0) is 18.1. The molecule has 0 aliphatic carbocycles. The second-order valence-electron chi connectivity index (χ2n) is 5.54. The molecule has 128 valence electrons. The summed E-state index contributed by atoms with van der Waals surface area (Å²) in [5.74, 6) is -0.322. The van der Waals surface area contributed by atoms with E-state index in [4.69, 9.17) is 34.8 Å². The number of amides is 1. The van der Waals surface area contributed by atoms with E-state index >= 15 is 0 Å². The first-order chi connectivity index (χ1) is 11.9. The van der Waals surface area contributed by atoms with Crippen LogP contribution < -0.4 is 5.32 Å². The fraction of sp³-hybridized carbons (Fsp3) is 0.111. The molecule has 0 fully saturated rings. The fourth-order valence-corrected chi connectivity index (χ4v) is 3.08. The summed E-state index contributed by atoms with van der Waals surface area (Å²) in [4.78, 5) is 12.6. The van der Waals surface area contributed by atoms with E-state index in [9.17, 15) is 4.79 Å². The van der Waals surface area contributed by atoms with Crippen molar-refractivity contribution in [3.8, 4) is 5.69 Å². The van der Waals surface area contributed by atoms with E-state index in [1.807, 2.05) is 38.1 Å². The third-order valence-corrected chi connectivity index (χ3v) is 4.89. The van der Waals surface area contributed by atoms with Gasteiger partial charge >= 0.3 is 0 Å². The lowest BCUT2D eigenvalue weighted by Crippen LogP contribution is -2.13. The van der Waals surface area contributed by atoms with Crippen LogP contribution in [0.4, 0.5) is 5.69 Å².